The van der Waals surface area contributed by atoms with E-state index in [1.54, 1.807) is 13.8 Å². The van der Waals surface area contributed by atoms with Gasteiger partial charge in [-0.15, -0.1) is 0 Å². The third-order valence-corrected chi connectivity index (χ3v) is 8.89. The predicted octanol–water partition coefficient (Wildman–Crippen LogP) is 2.17. The molecule has 0 radical (unpaired) electrons. The van der Waals surface area contributed by atoms with Gasteiger partial charge in [-0.2, -0.15) is 0 Å². The summed E-state index contributed by atoms with van der Waals surface area (Å²) in [6.45, 7) is 6.11. The van der Waals surface area contributed by atoms with Gasteiger partial charge in [-0.1, -0.05) is 0 Å². The minimum atomic E-state index is -1.99. The van der Waals surface area contributed by atoms with E-state index >= 15 is 0 Å². The SMILES string of the molecule is CC(=O)OC[C@@]12[C@@H](OC(C)=O)CC[C@H](O)C13OC(C)(C)C([C@@H](OC(=O)c1cccnc1)[C@H]2OC(=O)c1ccoc1)[C@H]3OC(C)=O. The Morgan fingerprint density at radius 1 is 0.911 bits per heavy atom. The maximum atomic E-state index is 13.7. The van der Waals surface area contributed by atoms with Gasteiger partial charge in [0.15, 0.2) is 6.10 Å². The van der Waals surface area contributed by atoms with E-state index in [4.69, 9.17) is 32.8 Å². The lowest BCUT2D eigenvalue weighted by Crippen LogP contribution is -2.80. The van der Waals surface area contributed by atoms with Gasteiger partial charge in [0.05, 0.1) is 35.0 Å². The van der Waals surface area contributed by atoms with Gasteiger partial charge in [0.1, 0.15) is 42.2 Å². The third kappa shape index (κ3) is 5.35. The molecule has 3 heterocycles. The zero-order chi connectivity index (χ0) is 32.7. The average molecular weight is 630 g/mol. The highest BCUT2D eigenvalue weighted by Gasteiger charge is 2.85. The van der Waals surface area contributed by atoms with Gasteiger partial charge in [0, 0.05) is 33.2 Å². The minimum absolute atomic E-state index is 0.000878. The summed E-state index contributed by atoms with van der Waals surface area (Å²) in [5.41, 5.74) is -5.24. The Morgan fingerprint density at radius 2 is 1.62 bits per heavy atom. The first-order chi connectivity index (χ1) is 21.2. The van der Waals surface area contributed by atoms with Crippen LogP contribution in [0, 0.1) is 11.3 Å². The Bertz CT molecular complexity index is 1460. The summed E-state index contributed by atoms with van der Waals surface area (Å²) in [6, 6.07) is 4.35. The zero-order valence-electron chi connectivity index (χ0n) is 25.4. The van der Waals surface area contributed by atoms with Crippen molar-refractivity contribution in [3.05, 3.63) is 54.2 Å². The van der Waals surface area contributed by atoms with Gasteiger partial charge in [0.25, 0.3) is 0 Å². The van der Waals surface area contributed by atoms with E-state index in [0.29, 0.717) is 0 Å². The summed E-state index contributed by atoms with van der Waals surface area (Å²) in [5, 5.41) is 11.9. The number of aliphatic hydroxyl groups excluding tert-OH is 1. The van der Waals surface area contributed by atoms with Crippen molar-refractivity contribution < 1.29 is 61.9 Å². The van der Waals surface area contributed by atoms with Gasteiger partial charge < -0.3 is 37.9 Å². The molecule has 2 saturated carbocycles. The topological polar surface area (TPSA) is 187 Å². The summed E-state index contributed by atoms with van der Waals surface area (Å²) in [7, 11) is 0. The summed E-state index contributed by atoms with van der Waals surface area (Å²) in [5.74, 6) is -5.08. The van der Waals surface area contributed by atoms with Crippen molar-refractivity contribution in [3.8, 4) is 0 Å². The Labute approximate surface area is 258 Å². The third-order valence-electron chi connectivity index (χ3n) is 8.89. The molecule has 3 aliphatic rings. The van der Waals surface area contributed by atoms with Crippen molar-refractivity contribution >= 4 is 29.8 Å². The number of ether oxygens (including phenoxy) is 6. The van der Waals surface area contributed by atoms with E-state index in [1.807, 2.05) is 0 Å². The number of carbonyl (C=O) groups excluding carboxylic acids is 5. The second kappa shape index (κ2) is 11.9. The fourth-order valence-corrected chi connectivity index (χ4v) is 7.37. The number of esters is 5. The molecule has 1 spiro atoms. The van der Waals surface area contributed by atoms with Crippen molar-refractivity contribution in [3.63, 3.8) is 0 Å². The zero-order valence-corrected chi connectivity index (χ0v) is 25.4. The molecule has 2 aliphatic carbocycles. The molecule has 45 heavy (non-hydrogen) atoms. The monoisotopic (exact) mass is 629 g/mol. The van der Waals surface area contributed by atoms with Crippen LogP contribution >= 0.6 is 0 Å². The summed E-state index contributed by atoms with van der Waals surface area (Å²) >= 11 is 0. The van der Waals surface area contributed by atoms with Crippen LogP contribution in [-0.2, 0) is 42.8 Å². The number of furan rings is 1. The summed E-state index contributed by atoms with van der Waals surface area (Å²) < 4.78 is 41.4. The molecule has 2 aromatic rings. The number of fused-ring (bicyclic) bond motifs is 1. The van der Waals surface area contributed by atoms with E-state index in [9.17, 15) is 29.1 Å². The second-order valence-electron chi connectivity index (χ2n) is 12.0. The van der Waals surface area contributed by atoms with E-state index in [-0.39, 0.29) is 24.0 Å². The first kappa shape index (κ1) is 32.1. The lowest BCUT2D eigenvalue weighted by atomic mass is 9.49. The van der Waals surface area contributed by atoms with Crippen molar-refractivity contribution in [2.75, 3.05) is 6.61 Å². The Hall–Kier alpha value is -4.30. The summed E-state index contributed by atoms with van der Waals surface area (Å²) in [6.07, 6.45) is -1.96. The molecule has 1 aliphatic heterocycles. The van der Waals surface area contributed by atoms with Crippen LogP contribution in [0.3, 0.4) is 0 Å². The molecule has 1 saturated heterocycles. The molecule has 14 heteroatoms. The van der Waals surface area contributed by atoms with E-state index in [2.05, 4.69) is 4.98 Å². The molecule has 242 valence electrons. The highest BCUT2D eigenvalue weighted by atomic mass is 16.6. The molecular formula is C31H35NO13. The highest BCUT2D eigenvalue weighted by molar-refractivity contribution is 5.90. The van der Waals surface area contributed by atoms with Crippen molar-refractivity contribution in [1.82, 2.24) is 4.98 Å². The summed E-state index contributed by atoms with van der Waals surface area (Å²) in [4.78, 5) is 68.9. The van der Waals surface area contributed by atoms with Crippen LogP contribution in [0.4, 0.5) is 0 Å². The van der Waals surface area contributed by atoms with Crippen LogP contribution in [0.5, 0.6) is 0 Å². The quantitative estimate of drug-likeness (QED) is 0.330. The van der Waals surface area contributed by atoms with Crippen molar-refractivity contribution in [1.29, 1.82) is 0 Å². The molecule has 2 unspecified atom stereocenters. The Balaban J connectivity index is 1.80. The molecule has 3 fully saturated rings. The molecule has 8 atom stereocenters. The number of carbonyl (C=O) groups is 5. The average Bonchev–Trinajstić information content (AvgIpc) is 3.57. The van der Waals surface area contributed by atoms with Crippen molar-refractivity contribution in [2.45, 2.75) is 89.2 Å². The van der Waals surface area contributed by atoms with Gasteiger partial charge in [-0.25, -0.2) is 9.59 Å². The first-order valence-corrected chi connectivity index (χ1v) is 14.4. The molecule has 2 bridgehead atoms. The van der Waals surface area contributed by atoms with Gasteiger partial charge in [0.2, 0.25) is 0 Å². The molecular weight excluding hydrogens is 594 g/mol. The molecule has 1 N–H and O–H groups in total. The number of aliphatic hydroxyl groups is 1. The smallest absolute Gasteiger partial charge is 0.341 e. The lowest BCUT2D eigenvalue weighted by molar-refractivity contribution is -0.324. The fourth-order valence-electron chi connectivity index (χ4n) is 7.37. The Kier molecular flexibility index (Phi) is 8.49. The maximum absolute atomic E-state index is 13.7. The molecule has 2 aromatic heterocycles. The number of pyridine rings is 1. The van der Waals surface area contributed by atoms with Crippen LogP contribution in [0.1, 0.15) is 68.2 Å². The van der Waals surface area contributed by atoms with Crippen LogP contribution in [0.2, 0.25) is 0 Å². The van der Waals surface area contributed by atoms with Gasteiger partial charge in [-0.05, 0) is 44.9 Å². The van der Waals surface area contributed by atoms with Crippen LogP contribution < -0.4 is 0 Å². The number of hydrogen-bond acceptors (Lipinski definition) is 14. The maximum Gasteiger partial charge on any atom is 0.341 e. The largest absolute Gasteiger partial charge is 0.472 e. The number of aromatic nitrogens is 1. The Morgan fingerprint density at radius 3 is 2.22 bits per heavy atom. The molecule has 5 rings (SSSR count). The van der Waals surface area contributed by atoms with Crippen LogP contribution in [0.25, 0.3) is 0 Å². The van der Waals surface area contributed by atoms with Crippen LogP contribution in [-0.4, -0.2) is 88.3 Å². The molecule has 0 aromatic carbocycles. The van der Waals surface area contributed by atoms with E-state index in [1.165, 1.54) is 36.9 Å². The van der Waals surface area contributed by atoms with E-state index < -0.39 is 89.5 Å². The van der Waals surface area contributed by atoms with Gasteiger partial charge in [-0.3, -0.25) is 19.4 Å². The normalized spacial score (nSPS) is 32.8. The lowest BCUT2D eigenvalue weighted by Gasteiger charge is -2.62. The minimum Gasteiger partial charge on any atom is -0.472 e. The highest BCUT2D eigenvalue weighted by Crippen LogP contribution is 2.67. The van der Waals surface area contributed by atoms with Gasteiger partial charge >= 0.3 is 29.8 Å². The second-order valence-corrected chi connectivity index (χ2v) is 12.0. The van der Waals surface area contributed by atoms with Crippen LogP contribution in [0.15, 0.2) is 47.5 Å². The number of hydrogen-bond donors (Lipinski definition) is 1. The number of nitrogens with zero attached hydrogens (tertiary/aromatic N) is 1. The first-order valence-electron chi connectivity index (χ1n) is 14.4. The molecule has 0 amide bonds. The van der Waals surface area contributed by atoms with E-state index in [0.717, 1.165) is 27.0 Å². The standard InChI is InChI=1S/C31H35NO13/c1-16(33)40-15-30-22(41-17(2)34)9-8-21(36)31(30)25(42-18(3)35)23(29(4,5)45-31)24(43-27(37)19-7-6-11-32-13-19)26(30)44-28(38)20-10-12-39-14-20/h6-7,10-14,21-26,36H,8-9,15H2,1-5H3/t21-,22-,23?,24+,25+,26+,30-,31?/m0/s1. The fraction of sp³-hybridized carbons (Fsp3) is 0.548. The predicted molar refractivity (Wildman–Crippen MR) is 148 cm³/mol. The van der Waals surface area contributed by atoms with Crippen molar-refractivity contribution in [2.24, 2.45) is 11.3 Å². The number of rotatable bonds is 8. The molecule has 14 nitrogen and oxygen atoms in total.